The zero-order chi connectivity index (χ0) is 20.4. The highest BCUT2D eigenvalue weighted by Crippen LogP contribution is 2.28. The topological polar surface area (TPSA) is 94.8 Å². The summed E-state index contributed by atoms with van der Waals surface area (Å²) in [5, 5.41) is 6.24. The summed E-state index contributed by atoms with van der Waals surface area (Å²) in [6, 6.07) is 13.7. The van der Waals surface area contributed by atoms with Crippen LogP contribution in [0.1, 0.15) is 6.92 Å². The highest BCUT2D eigenvalue weighted by Gasteiger charge is 2.19. The van der Waals surface area contributed by atoms with Crippen LogP contribution in [0.2, 0.25) is 0 Å². The van der Waals surface area contributed by atoms with E-state index in [2.05, 4.69) is 14.8 Å². The quantitative estimate of drug-likeness (QED) is 0.481. The van der Waals surface area contributed by atoms with E-state index in [4.69, 9.17) is 9.47 Å². The van der Waals surface area contributed by atoms with Crippen LogP contribution in [0.4, 0.5) is 5.95 Å². The minimum atomic E-state index is -3.81. The van der Waals surface area contributed by atoms with Gasteiger partial charge in [0.25, 0.3) is 16.0 Å². The Hall–Kier alpha value is -3.11. The number of methoxy groups -OCH3 is 1. The van der Waals surface area contributed by atoms with Crippen molar-refractivity contribution in [2.24, 2.45) is 0 Å². The standard InChI is InChI=1S/C19H18N4O4S2/c1-3-27-15-8-10-16(11-9-15)29(24,25)22-18-20-19-23(21-18)17(12-28-19)13-4-6-14(26-2)7-5-13/h4-12H,3H2,1-2H3,(H,21,22). The number of anilines is 1. The Morgan fingerprint density at radius 2 is 1.76 bits per heavy atom. The van der Waals surface area contributed by atoms with Gasteiger partial charge in [-0.05, 0) is 55.5 Å². The summed E-state index contributed by atoms with van der Waals surface area (Å²) in [4.78, 5) is 4.97. The van der Waals surface area contributed by atoms with Crippen molar-refractivity contribution in [3.05, 3.63) is 53.9 Å². The van der Waals surface area contributed by atoms with E-state index in [1.807, 2.05) is 36.6 Å². The maximum atomic E-state index is 12.6. The summed E-state index contributed by atoms with van der Waals surface area (Å²) in [5.74, 6) is 1.37. The molecule has 0 atom stereocenters. The second kappa shape index (κ2) is 7.72. The summed E-state index contributed by atoms with van der Waals surface area (Å²) in [6.45, 7) is 2.37. The third kappa shape index (κ3) is 3.89. The summed E-state index contributed by atoms with van der Waals surface area (Å²) < 4.78 is 39.9. The molecule has 4 aromatic rings. The van der Waals surface area contributed by atoms with Crippen LogP contribution >= 0.6 is 11.3 Å². The van der Waals surface area contributed by atoms with Crippen molar-refractivity contribution in [2.45, 2.75) is 11.8 Å². The maximum Gasteiger partial charge on any atom is 0.264 e. The molecule has 29 heavy (non-hydrogen) atoms. The van der Waals surface area contributed by atoms with E-state index < -0.39 is 10.0 Å². The zero-order valence-corrected chi connectivity index (χ0v) is 17.3. The number of aromatic nitrogens is 3. The zero-order valence-electron chi connectivity index (χ0n) is 15.7. The fourth-order valence-electron chi connectivity index (χ4n) is 2.75. The number of fused-ring (bicyclic) bond motifs is 1. The van der Waals surface area contributed by atoms with Gasteiger partial charge in [0.1, 0.15) is 11.5 Å². The first-order valence-corrected chi connectivity index (χ1v) is 11.1. The van der Waals surface area contributed by atoms with E-state index in [0.717, 1.165) is 17.0 Å². The van der Waals surface area contributed by atoms with Gasteiger partial charge in [-0.15, -0.1) is 16.4 Å². The molecule has 8 nitrogen and oxygen atoms in total. The number of hydrogen-bond donors (Lipinski definition) is 1. The molecule has 0 bridgehead atoms. The van der Waals surface area contributed by atoms with Crippen LogP contribution in [0, 0.1) is 0 Å². The van der Waals surface area contributed by atoms with Gasteiger partial charge in [0.15, 0.2) is 0 Å². The first-order chi connectivity index (χ1) is 14.0. The van der Waals surface area contributed by atoms with Gasteiger partial charge in [0.05, 0.1) is 24.3 Å². The molecule has 0 spiro atoms. The average Bonchev–Trinajstić information content (AvgIpc) is 3.28. The summed E-state index contributed by atoms with van der Waals surface area (Å²) in [7, 11) is -2.20. The molecular weight excluding hydrogens is 412 g/mol. The lowest BCUT2D eigenvalue weighted by Crippen LogP contribution is -2.14. The van der Waals surface area contributed by atoms with Gasteiger partial charge in [-0.3, -0.25) is 0 Å². The number of thiazole rings is 1. The molecule has 0 aliphatic rings. The second-order valence-corrected chi connectivity index (χ2v) is 8.51. The van der Waals surface area contributed by atoms with Crippen molar-refractivity contribution in [1.29, 1.82) is 0 Å². The van der Waals surface area contributed by atoms with Gasteiger partial charge in [0, 0.05) is 10.9 Å². The van der Waals surface area contributed by atoms with Crippen molar-refractivity contribution in [2.75, 3.05) is 18.4 Å². The largest absolute Gasteiger partial charge is 0.497 e. The molecule has 150 valence electrons. The summed E-state index contributed by atoms with van der Waals surface area (Å²) in [5.41, 5.74) is 1.73. The third-order valence-corrected chi connectivity index (χ3v) is 6.30. The molecule has 2 aromatic heterocycles. The molecule has 0 fully saturated rings. The molecule has 0 saturated heterocycles. The molecule has 2 aromatic carbocycles. The minimum Gasteiger partial charge on any atom is -0.497 e. The number of benzene rings is 2. The van der Waals surface area contributed by atoms with Crippen LogP contribution in [0.25, 0.3) is 16.2 Å². The summed E-state index contributed by atoms with van der Waals surface area (Å²) >= 11 is 1.38. The Labute approximate surface area is 171 Å². The molecule has 0 amide bonds. The van der Waals surface area contributed by atoms with Gasteiger partial charge in [0.2, 0.25) is 4.96 Å². The van der Waals surface area contributed by atoms with Gasteiger partial charge in [-0.2, -0.15) is 4.98 Å². The number of nitrogens with zero attached hydrogens (tertiary/aromatic N) is 3. The first-order valence-electron chi connectivity index (χ1n) is 8.74. The Morgan fingerprint density at radius 1 is 1.07 bits per heavy atom. The molecular formula is C19H18N4O4S2. The van der Waals surface area contributed by atoms with Crippen LogP contribution < -0.4 is 14.2 Å². The fraction of sp³-hybridized carbons (Fsp3) is 0.158. The molecule has 0 radical (unpaired) electrons. The first kappa shape index (κ1) is 19.2. The molecule has 10 heteroatoms. The lowest BCUT2D eigenvalue weighted by molar-refractivity contribution is 0.340. The van der Waals surface area contributed by atoms with Crippen molar-refractivity contribution >= 4 is 32.3 Å². The summed E-state index contributed by atoms with van der Waals surface area (Å²) in [6.07, 6.45) is 0. The van der Waals surface area contributed by atoms with E-state index in [0.29, 0.717) is 17.3 Å². The van der Waals surface area contributed by atoms with Crippen molar-refractivity contribution in [3.63, 3.8) is 0 Å². The average molecular weight is 431 g/mol. The predicted octanol–water partition coefficient (Wildman–Crippen LogP) is 3.67. The van der Waals surface area contributed by atoms with Crippen molar-refractivity contribution in [3.8, 4) is 22.8 Å². The van der Waals surface area contributed by atoms with Crippen molar-refractivity contribution < 1.29 is 17.9 Å². The lowest BCUT2D eigenvalue weighted by Gasteiger charge is -2.06. The lowest BCUT2D eigenvalue weighted by atomic mass is 10.2. The minimum absolute atomic E-state index is 0.0143. The highest BCUT2D eigenvalue weighted by atomic mass is 32.2. The smallest absolute Gasteiger partial charge is 0.264 e. The molecule has 2 heterocycles. The number of rotatable bonds is 7. The van der Waals surface area contributed by atoms with Crippen LogP contribution in [-0.4, -0.2) is 36.7 Å². The number of sulfonamides is 1. The Bertz CT molecular complexity index is 1230. The number of ether oxygens (including phenoxy) is 2. The van der Waals surface area contributed by atoms with E-state index in [1.54, 1.807) is 23.8 Å². The van der Waals surface area contributed by atoms with Crippen LogP contribution in [0.15, 0.2) is 58.8 Å². The molecule has 0 saturated carbocycles. The number of nitrogens with one attached hydrogen (secondary N) is 1. The van der Waals surface area contributed by atoms with E-state index in [1.165, 1.54) is 23.5 Å². The fourth-order valence-corrected chi connectivity index (χ4v) is 4.52. The highest BCUT2D eigenvalue weighted by molar-refractivity contribution is 7.92. The normalized spacial score (nSPS) is 11.5. The van der Waals surface area contributed by atoms with Crippen LogP contribution in [0.5, 0.6) is 11.5 Å². The van der Waals surface area contributed by atoms with Gasteiger partial charge >= 0.3 is 0 Å². The van der Waals surface area contributed by atoms with Crippen LogP contribution in [0.3, 0.4) is 0 Å². The number of hydrogen-bond acceptors (Lipinski definition) is 7. The predicted molar refractivity (Wildman–Crippen MR) is 111 cm³/mol. The molecule has 0 unspecified atom stereocenters. The van der Waals surface area contributed by atoms with E-state index in [-0.39, 0.29) is 10.8 Å². The van der Waals surface area contributed by atoms with E-state index in [9.17, 15) is 8.42 Å². The van der Waals surface area contributed by atoms with Crippen LogP contribution in [-0.2, 0) is 10.0 Å². The second-order valence-electron chi connectivity index (χ2n) is 5.99. The maximum absolute atomic E-state index is 12.6. The Morgan fingerprint density at radius 3 is 2.41 bits per heavy atom. The Kier molecular flexibility index (Phi) is 5.12. The third-order valence-electron chi connectivity index (χ3n) is 4.14. The van der Waals surface area contributed by atoms with Gasteiger partial charge < -0.3 is 9.47 Å². The molecule has 1 N–H and O–H groups in total. The SMILES string of the molecule is CCOc1ccc(S(=O)(=O)Nc2nc3scc(-c4ccc(OC)cc4)n3n2)cc1. The molecule has 0 aliphatic carbocycles. The Balaban J connectivity index is 1.60. The monoisotopic (exact) mass is 430 g/mol. The molecule has 0 aliphatic heterocycles. The van der Waals surface area contributed by atoms with Gasteiger partial charge in [-0.1, -0.05) is 0 Å². The van der Waals surface area contributed by atoms with Gasteiger partial charge in [-0.25, -0.2) is 17.7 Å². The van der Waals surface area contributed by atoms with Crippen molar-refractivity contribution in [1.82, 2.24) is 14.6 Å². The van der Waals surface area contributed by atoms with E-state index >= 15 is 0 Å². The molecule has 4 rings (SSSR count).